The van der Waals surface area contributed by atoms with Gasteiger partial charge in [0.1, 0.15) is 11.6 Å². The number of carbonyl (C=O) groups excluding carboxylic acids is 2. The van der Waals surface area contributed by atoms with Crippen molar-refractivity contribution in [2.45, 2.75) is 4.90 Å². The Labute approximate surface area is 137 Å². The Hall–Kier alpha value is -2.94. The molecule has 0 atom stereocenters. The van der Waals surface area contributed by atoms with E-state index in [-0.39, 0.29) is 16.2 Å². The van der Waals surface area contributed by atoms with E-state index in [1.165, 1.54) is 25.3 Å². The van der Waals surface area contributed by atoms with Gasteiger partial charge in [-0.05, 0) is 36.4 Å². The maximum Gasteiger partial charge on any atom is 0.267 e. The van der Waals surface area contributed by atoms with Crippen molar-refractivity contribution in [3.8, 4) is 5.75 Å². The van der Waals surface area contributed by atoms with Crippen LogP contribution in [-0.2, 0) is 10.0 Å². The lowest BCUT2D eigenvalue weighted by Gasteiger charge is -2.09. The molecule has 24 heavy (non-hydrogen) atoms. The third-order valence-electron chi connectivity index (χ3n) is 3.10. The molecular formula is C15H13FN2O5S. The van der Waals surface area contributed by atoms with Crippen molar-refractivity contribution >= 4 is 21.8 Å². The smallest absolute Gasteiger partial charge is 0.267 e. The Balaban J connectivity index is 2.25. The molecule has 0 aliphatic heterocycles. The molecule has 2 aromatic rings. The van der Waals surface area contributed by atoms with Crippen LogP contribution in [0.1, 0.15) is 20.7 Å². The van der Waals surface area contributed by atoms with Gasteiger partial charge in [-0.15, -0.1) is 0 Å². The Morgan fingerprint density at radius 1 is 1.12 bits per heavy atom. The number of sulfonamides is 1. The molecule has 0 spiro atoms. The molecule has 0 unspecified atom stereocenters. The van der Waals surface area contributed by atoms with Crippen LogP contribution >= 0.6 is 0 Å². The second-order valence-corrected chi connectivity index (χ2v) is 6.35. The summed E-state index contributed by atoms with van der Waals surface area (Å²) in [4.78, 5) is 22.7. The number of hydrogen-bond acceptors (Lipinski definition) is 5. The number of nitrogens with two attached hydrogens (primary N) is 1. The monoisotopic (exact) mass is 352 g/mol. The lowest BCUT2D eigenvalue weighted by molar-refractivity contribution is 0.0974. The zero-order valence-electron chi connectivity index (χ0n) is 12.4. The minimum atomic E-state index is -4.23. The van der Waals surface area contributed by atoms with Crippen LogP contribution in [0.15, 0.2) is 47.4 Å². The largest absolute Gasteiger partial charge is 0.497 e. The number of methoxy groups -OCH3 is 1. The minimum Gasteiger partial charge on any atom is -0.497 e. The summed E-state index contributed by atoms with van der Waals surface area (Å²) in [7, 11) is -2.90. The highest BCUT2D eigenvalue weighted by Gasteiger charge is 2.21. The zero-order valence-corrected chi connectivity index (χ0v) is 13.3. The lowest BCUT2D eigenvalue weighted by atomic mass is 10.2. The molecule has 0 fully saturated rings. The van der Waals surface area contributed by atoms with Crippen molar-refractivity contribution in [1.82, 2.24) is 4.72 Å². The van der Waals surface area contributed by atoms with Gasteiger partial charge in [-0.25, -0.2) is 17.5 Å². The van der Waals surface area contributed by atoms with E-state index in [1.54, 1.807) is 4.72 Å². The highest BCUT2D eigenvalue weighted by Crippen LogP contribution is 2.17. The van der Waals surface area contributed by atoms with E-state index >= 15 is 0 Å². The van der Waals surface area contributed by atoms with Crippen molar-refractivity contribution in [2.24, 2.45) is 5.73 Å². The maximum atomic E-state index is 13.8. The Morgan fingerprint density at radius 3 is 2.25 bits per heavy atom. The van der Waals surface area contributed by atoms with Crippen LogP contribution in [0.2, 0.25) is 0 Å². The molecular weight excluding hydrogens is 339 g/mol. The molecule has 2 aromatic carbocycles. The highest BCUT2D eigenvalue weighted by molar-refractivity contribution is 7.90. The van der Waals surface area contributed by atoms with Crippen LogP contribution in [0.25, 0.3) is 0 Å². The van der Waals surface area contributed by atoms with Crippen molar-refractivity contribution in [3.05, 3.63) is 59.4 Å². The van der Waals surface area contributed by atoms with Gasteiger partial charge < -0.3 is 10.5 Å². The number of amides is 2. The summed E-state index contributed by atoms with van der Waals surface area (Å²) < 4.78 is 44.6. The molecule has 0 saturated heterocycles. The second-order valence-electron chi connectivity index (χ2n) is 4.67. The van der Waals surface area contributed by atoms with E-state index in [2.05, 4.69) is 0 Å². The summed E-state index contributed by atoms with van der Waals surface area (Å²) in [5.74, 6) is -2.59. The first-order valence-corrected chi connectivity index (χ1v) is 8.03. The molecule has 0 bridgehead atoms. The Morgan fingerprint density at radius 2 is 1.75 bits per heavy atom. The fraction of sp³-hybridized carbons (Fsp3) is 0.0667. The third kappa shape index (κ3) is 3.69. The van der Waals surface area contributed by atoms with E-state index in [0.29, 0.717) is 0 Å². The van der Waals surface area contributed by atoms with E-state index < -0.39 is 33.2 Å². The molecule has 0 aliphatic rings. The average molecular weight is 352 g/mol. The first kappa shape index (κ1) is 17.4. The topological polar surface area (TPSA) is 116 Å². The van der Waals surface area contributed by atoms with E-state index in [4.69, 9.17) is 10.5 Å². The molecule has 0 aliphatic carbocycles. The number of carbonyl (C=O) groups is 2. The van der Waals surface area contributed by atoms with Gasteiger partial charge in [0, 0.05) is 11.6 Å². The van der Waals surface area contributed by atoms with Crippen molar-refractivity contribution in [1.29, 1.82) is 0 Å². The number of nitrogens with one attached hydrogen (secondary N) is 1. The molecule has 0 heterocycles. The summed E-state index contributed by atoms with van der Waals surface area (Å²) in [5.41, 5.74) is 4.72. The van der Waals surface area contributed by atoms with Gasteiger partial charge in [-0.1, -0.05) is 0 Å². The van der Waals surface area contributed by atoms with Crippen LogP contribution in [0, 0.1) is 5.82 Å². The normalized spacial score (nSPS) is 10.9. The van der Waals surface area contributed by atoms with Crippen molar-refractivity contribution < 1.29 is 27.1 Å². The molecule has 2 amide bonds. The van der Waals surface area contributed by atoms with E-state index in [0.717, 1.165) is 24.3 Å². The first-order chi connectivity index (χ1) is 11.2. The summed E-state index contributed by atoms with van der Waals surface area (Å²) in [6, 6.07) is 8.02. The van der Waals surface area contributed by atoms with Gasteiger partial charge in [0.15, 0.2) is 0 Å². The Kier molecular flexibility index (Phi) is 4.84. The SMILES string of the molecule is COc1ccc(C(=O)NS(=O)(=O)c2ccc(C(N)=O)cc2)c(F)c1. The van der Waals surface area contributed by atoms with Gasteiger partial charge in [-0.3, -0.25) is 9.59 Å². The van der Waals surface area contributed by atoms with Crippen LogP contribution in [0.4, 0.5) is 4.39 Å². The maximum absolute atomic E-state index is 13.8. The zero-order chi connectivity index (χ0) is 17.9. The molecule has 126 valence electrons. The van der Waals surface area contributed by atoms with Gasteiger partial charge >= 0.3 is 0 Å². The predicted octanol–water partition coefficient (Wildman–Crippen LogP) is 1.05. The van der Waals surface area contributed by atoms with E-state index in [1.807, 2.05) is 0 Å². The standard InChI is InChI=1S/C15H13FN2O5S/c1-23-10-4-7-12(13(16)8-10)15(20)18-24(21,22)11-5-2-9(3-6-11)14(17)19/h2-8H,1H3,(H2,17,19)(H,18,20). The fourth-order valence-electron chi connectivity index (χ4n) is 1.84. The van der Waals surface area contributed by atoms with Crippen LogP contribution in [0.3, 0.4) is 0 Å². The van der Waals surface area contributed by atoms with Crippen LogP contribution in [0.5, 0.6) is 5.75 Å². The minimum absolute atomic E-state index is 0.112. The number of primary amides is 1. The first-order valence-electron chi connectivity index (χ1n) is 6.55. The van der Waals surface area contributed by atoms with Crippen LogP contribution in [-0.4, -0.2) is 27.3 Å². The van der Waals surface area contributed by atoms with E-state index in [9.17, 15) is 22.4 Å². The molecule has 2 rings (SSSR count). The van der Waals surface area contributed by atoms with Crippen molar-refractivity contribution in [2.75, 3.05) is 7.11 Å². The van der Waals surface area contributed by atoms with Gasteiger partial charge in [0.05, 0.1) is 17.6 Å². The second kappa shape index (κ2) is 6.67. The van der Waals surface area contributed by atoms with Crippen LogP contribution < -0.4 is 15.2 Å². The average Bonchev–Trinajstić information content (AvgIpc) is 2.54. The van der Waals surface area contributed by atoms with Crippen molar-refractivity contribution in [3.63, 3.8) is 0 Å². The molecule has 0 radical (unpaired) electrons. The number of ether oxygens (including phenoxy) is 1. The number of halogens is 1. The summed E-state index contributed by atoms with van der Waals surface area (Å²) in [6.45, 7) is 0. The lowest BCUT2D eigenvalue weighted by Crippen LogP contribution is -2.31. The quantitative estimate of drug-likeness (QED) is 0.834. The third-order valence-corrected chi connectivity index (χ3v) is 4.44. The van der Waals surface area contributed by atoms with Gasteiger partial charge in [-0.2, -0.15) is 0 Å². The molecule has 0 aromatic heterocycles. The molecule has 7 nitrogen and oxygen atoms in total. The highest BCUT2D eigenvalue weighted by atomic mass is 32.2. The molecule has 9 heteroatoms. The molecule has 0 saturated carbocycles. The van der Waals surface area contributed by atoms with Gasteiger partial charge in [0.2, 0.25) is 5.91 Å². The fourth-order valence-corrected chi connectivity index (χ4v) is 2.81. The number of hydrogen-bond donors (Lipinski definition) is 2. The van der Waals surface area contributed by atoms with Gasteiger partial charge in [0.25, 0.3) is 15.9 Å². The number of benzene rings is 2. The summed E-state index contributed by atoms with van der Waals surface area (Å²) in [6.07, 6.45) is 0. The predicted molar refractivity (Wildman–Crippen MR) is 82.6 cm³/mol. The summed E-state index contributed by atoms with van der Waals surface area (Å²) >= 11 is 0. The number of rotatable bonds is 5. The molecule has 3 N–H and O–H groups in total. The summed E-state index contributed by atoms with van der Waals surface area (Å²) in [5, 5.41) is 0. The Bertz CT molecular complexity index is 895.